The number of piperidine rings is 2. The molecule has 1 N–H and O–H groups in total. The quantitative estimate of drug-likeness (QED) is 0.197. The Morgan fingerprint density at radius 1 is 0.902 bits per heavy atom. The first-order chi connectivity index (χ1) is 24.8. The number of aromatic nitrogens is 4. The van der Waals surface area contributed by atoms with Crippen LogP contribution in [-0.2, 0) is 16.1 Å². The lowest BCUT2D eigenvalue weighted by molar-refractivity contribution is -0.134. The number of carbonyl (C=O) groups excluding carboxylic acids is 2. The van der Waals surface area contributed by atoms with Gasteiger partial charge in [-0.2, -0.15) is 0 Å². The average molecular weight is 691 g/mol. The van der Waals surface area contributed by atoms with Crippen LogP contribution in [0.3, 0.4) is 0 Å². The molecule has 6 heterocycles. The number of hydrogen-bond donors (Lipinski definition) is 1. The third-order valence-electron chi connectivity index (χ3n) is 10.6. The highest BCUT2D eigenvalue weighted by Crippen LogP contribution is 2.36. The molecule has 3 aromatic heterocycles. The summed E-state index contributed by atoms with van der Waals surface area (Å²) in [7, 11) is 2.07. The van der Waals surface area contributed by atoms with Crippen molar-refractivity contribution in [2.75, 3.05) is 36.5 Å². The van der Waals surface area contributed by atoms with Crippen molar-refractivity contribution in [3.63, 3.8) is 0 Å². The van der Waals surface area contributed by atoms with Gasteiger partial charge in [-0.25, -0.2) is 23.3 Å². The highest BCUT2D eigenvalue weighted by atomic mass is 19.1. The van der Waals surface area contributed by atoms with E-state index >= 15 is 4.39 Å². The Hall–Kier alpha value is -5.23. The normalized spacial score (nSPS) is 20.1. The molecule has 2 amide bonds. The molecule has 0 spiro atoms. The van der Waals surface area contributed by atoms with Crippen LogP contribution >= 0.6 is 0 Å². The Bertz CT molecular complexity index is 2090. The Morgan fingerprint density at radius 3 is 2.55 bits per heavy atom. The minimum atomic E-state index is -0.636. The first-order valence-corrected chi connectivity index (χ1v) is 17.7. The van der Waals surface area contributed by atoms with Crippen molar-refractivity contribution in [2.45, 2.75) is 63.1 Å². The third-order valence-corrected chi connectivity index (χ3v) is 10.6. The number of rotatable bonds is 8. The van der Waals surface area contributed by atoms with Crippen LogP contribution in [0.5, 0.6) is 0 Å². The summed E-state index contributed by atoms with van der Waals surface area (Å²) < 4.78 is 31.0. The monoisotopic (exact) mass is 690 g/mol. The van der Waals surface area contributed by atoms with E-state index in [2.05, 4.69) is 32.0 Å². The Morgan fingerprint density at radius 2 is 1.75 bits per heavy atom. The van der Waals surface area contributed by atoms with Gasteiger partial charge in [0.25, 0.3) is 0 Å². The number of anilines is 2. The fourth-order valence-electron chi connectivity index (χ4n) is 7.93. The number of carbonyl (C=O) groups is 2. The van der Waals surface area contributed by atoms with Crippen LogP contribution in [0.4, 0.5) is 20.4 Å². The molecular formula is C39H40F2N8O2. The number of amides is 2. The van der Waals surface area contributed by atoms with E-state index in [4.69, 9.17) is 10.1 Å². The molecule has 0 bridgehead atoms. The molecule has 5 aromatic rings. The molecule has 1 unspecified atom stereocenters. The lowest BCUT2D eigenvalue weighted by atomic mass is 9.89. The molecule has 3 aliphatic heterocycles. The van der Waals surface area contributed by atoms with Gasteiger partial charge in [-0.15, -0.1) is 5.10 Å². The van der Waals surface area contributed by atoms with E-state index in [1.54, 1.807) is 18.2 Å². The maximum Gasteiger partial charge on any atom is 0.234 e. The van der Waals surface area contributed by atoms with Crippen LogP contribution in [0, 0.1) is 11.6 Å². The second-order valence-corrected chi connectivity index (χ2v) is 13.9. The Balaban J connectivity index is 0.927. The fraction of sp³-hybridized carbons (Fsp3) is 0.359. The summed E-state index contributed by atoms with van der Waals surface area (Å²) in [5.41, 5.74) is 4.48. The summed E-state index contributed by atoms with van der Waals surface area (Å²) in [6.45, 7) is 3.10. The van der Waals surface area contributed by atoms with Gasteiger partial charge in [-0.3, -0.25) is 19.8 Å². The van der Waals surface area contributed by atoms with Gasteiger partial charge in [0.2, 0.25) is 11.8 Å². The maximum absolute atomic E-state index is 15.1. The molecule has 2 atom stereocenters. The summed E-state index contributed by atoms with van der Waals surface area (Å²) >= 11 is 0. The van der Waals surface area contributed by atoms with Crippen LogP contribution in [0.15, 0.2) is 79.0 Å². The average Bonchev–Trinajstić information content (AvgIpc) is 3.80. The van der Waals surface area contributed by atoms with Crippen LogP contribution in [0.1, 0.15) is 67.2 Å². The Labute approximate surface area is 295 Å². The lowest BCUT2D eigenvalue weighted by Gasteiger charge is -2.37. The summed E-state index contributed by atoms with van der Waals surface area (Å²) in [5.74, 6) is -0.283. The highest BCUT2D eigenvalue weighted by Gasteiger charge is 2.31. The smallest absolute Gasteiger partial charge is 0.234 e. The van der Waals surface area contributed by atoms with Gasteiger partial charge in [-0.1, -0.05) is 30.3 Å². The minimum absolute atomic E-state index is 0.0627. The molecule has 0 aliphatic carbocycles. The Kier molecular flexibility index (Phi) is 8.93. The molecule has 3 saturated heterocycles. The van der Waals surface area contributed by atoms with Gasteiger partial charge >= 0.3 is 0 Å². The molecule has 3 aliphatic rings. The van der Waals surface area contributed by atoms with Gasteiger partial charge in [-0.05, 0) is 92.7 Å². The zero-order valence-electron chi connectivity index (χ0n) is 28.5. The van der Waals surface area contributed by atoms with Gasteiger partial charge in [0.05, 0.1) is 23.9 Å². The maximum atomic E-state index is 15.1. The largest absolute Gasteiger partial charge is 0.356 e. The molecule has 0 radical (unpaired) electrons. The molecule has 2 aromatic carbocycles. The third kappa shape index (κ3) is 6.67. The summed E-state index contributed by atoms with van der Waals surface area (Å²) in [5, 5.41) is 7.33. The first kappa shape index (κ1) is 32.9. The number of imidazole rings is 1. The molecule has 51 heavy (non-hydrogen) atoms. The molecular weight excluding hydrogens is 650 g/mol. The molecule has 3 fully saturated rings. The second kappa shape index (κ2) is 13.8. The highest BCUT2D eigenvalue weighted by molar-refractivity contribution is 6.00. The van der Waals surface area contributed by atoms with Crippen molar-refractivity contribution in [1.29, 1.82) is 0 Å². The van der Waals surface area contributed by atoms with Crippen LogP contribution < -0.4 is 15.1 Å². The molecule has 10 nitrogen and oxygen atoms in total. The van der Waals surface area contributed by atoms with Crippen molar-refractivity contribution in [1.82, 2.24) is 29.8 Å². The second-order valence-electron chi connectivity index (χ2n) is 13.9. The van der Waals surface area contributed by atoms with Crippen molar-refractivity contribution >= 4 is 29.1 Å². The van der Waals surface area contributed by atoms with Crippen molar-refractivity contribution in [3.8, 4) is 11.4 Å². The minimum Gasteiger partial charge on any atom is -0.356 e. The predicted molar refractivity (Wildman–Crippen MR) is 190 cm³/mol. The van der Waals surface area contributed by atoms with E-state index in [1.807, 2.05) is 53.2 Å². The lowest BCUT2D eigenvalue weighted by Crippen LogP contribution is -2.43. The van der Waals surface area contributed by atoms with Crippen LogP contribution in [-0.4, -0.2) is 69.0 Å². The number of nitrogens with zero attached hydrogens (tertiary/aromatic N) is 7. The summed E-state index contributed by atoms with van der Waals surface area (Å²) in [4.78, 5) is 40.3. The number of imide groups is 1. The zero-order chi connectivity index (χ0) is 35.1. The van der Waals surface area contributed by atoms with E-state index in [-0.39, 0.29) is 24.2 Å². The van der Waals surface area contributed by atoms with Gasteiger partial charge in [0.1, 0.15) is 29.0 Å². The molecule has 0 saturated carbocycles. The van der Waals surface area contributed by atoms with E-state index in [9.17, 15) is 14.0 Å². The van der Waals surface area contributed by atoms with Crippen LogP contribution in [0.25, 0.3) is 17.0 Å². The van der Waals surface area contributed by atoms with E-state index in [0.29, 0.717) is 24.6 Å². The standard InChI is InChI=1S/C39H40F2N8O2/c1-46(24-25-10-11-29(31(41)21-25)30-12-15-38(50)44-39(30)51)28-16-19-47(20-17-28)36-9-3-7-32(43-36)34-23-42-35-13-14-37(45-49(34)35)48-18-4-8-33(48)26-5-2-6-27(40)22-26/h2-3,5-7,9-11,13-14,21-23,28,30,33H,4,8,12,15-20,24H2,1H3,(H,44,50,51)/t30?,33-/m1/s1. The van der Waals surface area contributed by atoms with E-state index < -0.39 is 17.6 Å². The zero-order valence-corrected chi connectivity index (χ0v) is 28.5. The SMILES string of the molecule is CN(Cc1ccc(C2CCC(=O)NC2=O)c(F)c1)C1CCN(c2cccc(-c3cnc4ccc(N5CCC[C@@H]5c5cccc(F)c5)nn34)n2)CC1. The van der Waals surface area contributed by atoms with Gasteiger partial charge < -0.3 is 9.80 Å². The molecule has 262 valence electrons. The fourth-order valence-corrected chi connectivity index (χ4v) is 7.93. The van der Waals surface area contributed by atoms with Crippen LogP contribution in [0.2, 0.25) is 0 Å². The number of halogens is 2. The number of nitrogens with one attached hydrogen (secondary N) is 1. The van der Waals surface area contributed by atoms with Crippen molar-refractivity contribution in [2.24, 2.45) is 0 Å². The van der Waals surface area contributed by atoms with Crippen molar-refractivity contribution < 1.29 is 18.4 Å². The first-order valence-electron chi connectivity index (χ1n) is 17.7. The summed E-state index contributed by atoms with van der Waals surface area (Å²) in [6, 6.07) is 22.3. The molecule has 8 rings (SSSR count). The topological polar surface area (TPSA) is 99.0 Å². The number of fused-ring (bicyclic) bond motifs is 1. The van der Waals surface area contributed by atoms with Gasteiger partial charge in [0.15, 0.2) is 5.65 Å². The van der Waals surface area contributed by atoms with Crippen molar-refractivity contribution in [3.05, 3.63) is 107 Å². The molecule has 12 heteroatoms. The number of pyridine rings is 1. The number of benzene rings is 2. The van der Waals surface area contributed by atoms with E-state index in [0.717, 1.165) is 85.1 Å². The summed E-state index contributed by atoms with van der Waals surface area (Å²) in [6.07, 6.45) is 6.17. The van der Waals surface area contributed by atoms with E-state index in [1.165, 1.54) is 12.1 Å². The van der Waals surface area contributed by atoms with Gasteiger partial charge in [0, 0.05) is 44.2 Å². The number of hydrogen-bond acceptors (Lipinski definition) is 8. The predicted octanol–water partition coefficient (Wildman–Crippen LogP) is 6.03.